The minimum atomic E-state index is -0.555. The monoisotopic (exact) mass is 491 g/mol. The van der Waals surface area contributed by atoms with Gasteiger partial charge in [-0.3, -0.25) is 14.5 Å². The molecule has 7 nitrogen and oxygen atoms in total. The number of halogens is 1. The van der Waals surface area contributed by atoms with Gasteiger partial charge in [0.1, 0.15) is 0 Å². The maximum absolute atomic E-state index is 12.9. The summed E-state index contributed by atoms with van der Waals surface area (Å²) in [5.74, 6) is -0.286. The Morgan fingerprint density at radius 2 is 1.90 bits per heavy atom. The van der Waals surface area contributed by atoms with Crippen LogP contribution >= 0.6 is 27.7 Å². The van der Waals surface area contributed by atoms with E-state index in [9.17, 15) is 14.4 Å². The summed E-state index contributed by atoms with van der Waals surface area (Å²) >= 11 is 4.28. The molecule has 0 atom stereocenters. The normalized spacial score (nSPS) is 14.9. The molecule has 2 amide bonds. The molecule has 1 heterocycles. The van der Waals surface area contributed by atoms with Crippen molar-refractivity contribution >= 4 is 50.9 Å². The lowest BCUT2D eigenvalue weighted by molar-refractivity contribution is -0.143. The predicted molar refractivity (Wildman–Crippen MR) is 116 cm³/mol. The zero-order chi connectivity index (χ0) is 21.7. The minimum absolute atomic E-state index is 0.160. The van der Waals surface area contributed by atoms with Gasteiger partial charge in [0.25, 0.3) is 11.1 Å². The average Bonchev–Trinajstić information content (AvgIpc) is 3.01. The molecule has 0 radical (unpaired) electrons. The maximum atomic E-state index is 12.9. The molecule has 1 aliphatic heterocycles. The molecular weight excluding hydrogens is 474 g/mol. The zero-order valence-corrected chi connectivity index (χ0v) is 18.6. The van der Waals surface area contributed by atoms with Gasteiger partial charge in [-0.25, -0.2) is 4.79 Å². The first-order valence-electron chi connectivity index (χ1n) is 8.80. The summed E-state index contributed by atoms with van der Waals surface area (Å²) in [5, 5.41) is -0.359. The van der Waals surface area contributed by atoms with Gasteiger partial charge < -0.3 is 14.2 Å². The van der Waals surface area contributed by atoms with Crippen molar-refractivity contribution in [3.63, 3.8) is 0 Å². The van der Waals surface area contributed by atoms with Crippen molar-refractivity contribution in [2.45, 2.75) is 6.54 Å². The topological polar surface area (TPSA) is 82.1 Å². The fraction of sp³-hybridized carbons (Fsp3) is 0.190. The van der Waals surface area contributed by atoms with Gasteiger partial charge in [0, 0.05) is 10.0 Å². The van der Waals surface area contributed by atoms with E-state index in [4.69, 9.17) is 9.47 Å². The Labute approximate surface area is 186 Å². The summed E-state index contributed by atoms with van der Waals surface area (Å²) in [5.41, 5.74) is 1.33. The van der Waals surface area contributed by atoms with E-state index >= 15 is 0 Å². The van der Waals surface area contributed by atoms with Crippen LogP contribution in [-0.2, 0) is 20.9 Å². The van der Waals surface area contributed by atoms with E-state index in [2.05, 4.69) is 20.7 Å². The van der Waals surface area contributed by atoms with Crippen LogP contribution < -0.4 is 9.47 Å². The quantitative estimate of drug-likeness (QED) is 0.422. The first kappa shape index (κ1) is 21.9. The summed E-state index contributed by atoms with van der Waals surface area (Å²) in [4.78, 5) is 38.2. The third kappa shape index (κ3) is 4.85. The van der Waals surface area contributed by atoms with Gasteiger partial charge >= 0.3 is 5.97 Å². The number of hydrogen-bond donors (Lipinski definition) is 0. The van der Waals surface area contributed by atoms with Crippen molar-refractivity contribution < 1.29 is 28.6 Å². The Hall–Kier alpha value is -2.78. The van der Waals surface area contributed by atoms with Crippen molar-refractivity contribution in [2.24, 2.45) is 0 Å². The predicted octanol–water partition coefficient (Wildman–Crippen LogP) is 4.25. The van der Waals surface area contributed by atoms with Crippen LogP contribution in [0.4, 0.5) is 4.79 Å². The highest BCUT2D eigenvalue weighted by Gasteiger charge is 2.35. The minimum Gasteiger partial charge on any atom is -0.493 e. The Morgan fingerprint density at radius 3 is 2.60 bits per heavy atom. The number of methoxy groups -OCH3 is 2. The highest BCUT2D eigenvalue weighted by Crippen LogP contribution is 2.38. The second-order valence-electron chi connectivity index (χ2n) is 6.10. The molecular formula is C21H18BrNO6S. The number of thioether (sulfide) groups is 1. The number of carbonyl (C=O) groups excluding carboxylic acids is 3. The third-order valence-corrected chi connectivity index (χ3v) is 5.92. The first-order valence-corrected chi connectivity index (χ1v) is 10.4. The largest absolute Gasteiger partial charge is 0.493 e. The lowest BCUT2D eigenvalue weighted by atomic mass is 10.1. The van der Waals surface area contributed by atoms with Gasteiger partial charge in [0.05, 0.1) is 25.7 Å². The van der Waals surface area contributed by atoms with E-state index in [1.165, 1.54) is 19.1 Å². The highest BCUT2D eigenvalue weighted by molar-refractivity contribution is 9.10. The zero-order valence-electron chi connectivity index (χ0n) is 16.2. The summed E-state index contributed by atoms with van der Waals surface area (Å²) < 4.78 is 16.3. The Bertz CT molecular complexity index is 1020. The van der Waals surface area contributed by atoms with Crippen molar-refractivity contribution in [3.8, 4) is 11.5 Å². The van der Waals surface area contributed by atoms with Gasteiger partial charge in [0.15, 0.2) is 18.1 Å². The standard InChI is InChI=1S/C21H18BrNO6S/c1-27-16-9-5-7-13(19(16)29-12-18(24)28-2)10-17-20(25)23(21(26)30-17)11-14-6-3-4-8-15(14)22/h3-10H,11-12H2,1-2H3/b17-10+. The lowest BCUT2D eigenvalue weighted by Crippen LogP contribution is -2.27. The van der Waals surface area contributed by atoms with Crippen molar-refractivity contribution in [1.29, 1.82) is 0 Å². The molecule has 0 aliphatic carbocycles. The van der Waals surface area contributed by atoms with Crippen LogP contribution in [0.5, 0.6) is 11.5 Å². The summed E-state index contributed by atoms with van der Waals surface area (Å²) in [7, 11) is 2.73. The molecule has 0 bridgehead atoms. The molecule has 9 heteroatoms. The number of amides is 2. The number of carbonyl (C=O) groups is 3. The number of imide groups is 1. The van der Waals surface area contributed by atoms with E-state index < -0.39 is 11.9 Å². The maximum Gasteiger partial charge on any atom is 0.343 e. The summed E-state index contributed by atoms with van der Waals surface area (Å²) in [6.07, 6.45) is 1.56. The number of para-hydroxylation sites is 1. The molecule has 0 N–H and O–H groups in total. The molecule has 0 aromatic heterocycles. The number of esters is 1. The van der Waals surface area contributed by atoms with Crippen molar-refractivity contribution in [2.75, 3.05) is 20.8 Å². The van der Waals surface area contributed by atoms with Crippen molar-refractivity contribution in [1.82, 2.24) is 4.90 Å². The van der Waals surface area contributed by atoms with Crippen LogP contribution in [-0.4, -0.2) is 42.8 Å². The van der Waals surface area contributed by atoms with Crippen LogP contribution in [0, 0.1) is 0 Å². The van der Waals surface area contributed by atoms with Crippen LogP contribution in [0.1, 0.15) is 11.1 Å². The average molecular weight is 492 g/mol. The van der Waals surface area contributed by atoms with Crippen LogP contribution in [0.2, 0.25) is 0 Å². The number of rotatable bonds is 7. The molecule has 2 aromatic rings. The van der Waals surface area contributed by atoms with Gasteiger partial charge in [-0.15, -0.1) is 0 Å². The van der Waals surface area contributed by atoms with Crippen molar-refractivity contribution in [3.05, 3.63) is 63.0 Å². The molecule has 156 valence electrons. The molecule has 1 aliphatic rings. The van der Waals surface area contributed by atoms with Gasteiger partial charge in [-0.2, -0.15) is 0 Å². The highest BCUT2D eigenvalue weighted by atomic mass is 79.9. The van der Waals surface area contributed by atoms with E-state index in [0.29, 0.717) is 11.3 Å². The van der Waals surface area contributed by atoms with Crippen LogP contribution in [0.25, 0.3) is 6.08 Å². The van der Waals surface area contributed by atoms with Crippen LogP contribution in [0.15, 0.2) is 51.8 Å². The molecule has 2 aromatic carbocycles. The Morgan fingerprint density at radius 1 is 1.13 bits per heavy atom. The molecule has 1 fully saturated rings. The smallest absolute Gasteiger partial charge is 0.343 e. The van der Waals surface area contributed by atoms with E-state index in [0.717, 1.165) is 21.8 Å². The molecule has 3 rings (SSSR count). The Kier molecular flexibility index (Phi) is 7.17. The van der Waals surface area contributed by atoms with Crippen LogP contribution in [0.3, 0.4) is 0 Å². The number of ether oxygens (including phenoxy) is 3. The van der Waals surface area contributed by atoms with E-state index in [1.807, 2.05) is 24.3 Å². The SMILES string of the molecule is COC(=O)COc1c(/C=C2/SC(=O)N(Cc3ccccc3Br)C2=O)cccc1OC. The molecule has 0 unspecified atom stereocenters. The fourth-order valence-electron chi connectivity index (χ4n) is 2.73. The molecule has 0 saturated carbocycles. The lowest BCUT2D eigenvalue weighted by Gasteiger charge is -2.14. The van der Waals surface area contributed by atoms with Gasteiger partial charge in [-0.1, -0.05) is 46.3 Å². The fourth-order valence-corrected chi connectivity index (χ4v) is 3.97. The third-order valence-electron chi connectivity index (χ3n) is 4.24. The molecule has 0 spiro atoms. The number of nitrogens with zero attached hydrogens (tertiary/aromatic N) is 1. The van der Waals surface area contributed by atoms with E-state index in [-0.39, 0.29) is 29.0 Å². The second-order valence-corrected chi connectivity index (χ2v) is 7.95. The van der Waals surface area contributed by atoms with Gasteiger partial charge in [-0.05, 0) is 35.5 Å². The number of hydrogen-bond acceptors (Lipinski definition) is 7. The first-order chi connectivity index (χ1) is 14.4. The summed E-state index contributed by atoms with van der Waals surface area (Å²) in [6, 6.07) is 12.5. The molecule has 30 heavy (non-hydrogen) atoms. The van der Waals surface area contributed by atoms with E-state index in [1.54, 1.807) is 24.3 Å². The number of benzene rings is 2. The van der Waals surface area contributed by atoms with Gasteiger partial charge in [0.2, 0.25) is 0 Å². The second kappa shape index (κ2) is 9.82. The summed E-state index contributed by atoms with van der Waals surface area (Å²) in [6.45, 7) is -0.158. The Balaban J connectivity index is 1.88. The molecule has 1 saturated heterocycles.